The van der Waals surface area contributed by atoms with Gasteiger partial charge < -0.3 is 9.47 Å². The van der Waals surface area contributed by atoms with Crippen LogP contribution in [0.15, 0.2) is 43.0 Å². The van der Waals surface area contributed by atoms with Crippen LogP contribution in [0.2, 0.25) is 0 Å². The lowest BCUT2D eigenvalue weighted by Crippen LogP contribution is -2.37. The molecule has 1 fully saturated rings. The van der Waals surface area contributed by atoms with E-state index in [4.69, 9.17) is 0 Å². The molecule has 1 aliphatic rings. The maximum atomic E-state index is 12.9. The summed E-state index contributed by atoms with van der Waals surface area (Å²) in [6.45, 7) is 2.92. The van der Waals surface area contributed by atoms with Crippen LogP contribution in [0.5, 0.6) is 0 Å². The summed E-state index contributed by atoms with van der Waals surface area (Å²) in [6, 6.07) is 8.19. The fraction of sp³-hybridized carbons (Fsp3) is 0.474. The molecule has 4 nitrogen and oxygen atoms in total. The number of carbonyl (C=O) groups is 1. The van der Waals surface area contributed by atoms with Crippen molar-refractivity contribution in [3.63, 3.8) is 0 Å². The van der Waals surface area contributed by atoms with Crippen LogP contribution in [0, 0.1) is 5.92 Å². The normalized spacial score (nSPS) is 15.5. The molecule has 3 rings (SSSR count). The van der Waals surface area contributed by atoms with Crippen LogP contribution in [-0.4, -0.2) is 22.0 Å². The first-order valence-electron chi connectivity index (χ1n) is 8.69. The first-order valence-corrected chi connectivity index (χ1v) is 8.69. The molecule has 1 aromatic carbocycles. The third-order valence-electron chi connectivity index (χ3n) is 4.63. The molecule has 1 saturated carbocycles. The lowest BCUT2D eigenvalue weighted by atomic mass is 9.88. The Morgan fingerprint density at radius 2 is 1.96 bits per heavy atom. The predicted octanol–water partition coefficient (Wildman–Crippen LogP) is 4.20. The van der Waals surface area contributed by atoms with Gasteiger partial charge in [0.2, 0.25) is 5.91 Å². The lowest BCUT2D eigenvalue weighted by Gasteiger charge is -2.29. The number of imidazole rings is 1. The van der Waals surface area contributed by atoms with E-state index < -0.39 is 0 Å². The minimum absolute atomic E-state index is 0.212. The van der Waals surface area contributed by atoms with E-state index in [-0.39, 0.29) is 5.92 Å². The zero-order valence-electron chi connectivity index (χ0n) is 13.8. The van der Waals surface area contributed by atoms with Crippen LogP contribution in [0.4, 0.5) is 5.69 Å². The highest BCUT2D eigenvalue weighted by Gasteiger charge is 2.26. The molecule has 0 radical (unpaired) electrons. The first-order chi connectivity index (χ1) is 11.3. The first kappa shape index (κ1) is 15.8. The highest BCUT2D eigenvalue weighted by atomic mass is 16.2. The Morgan fingerprint density at radius 3 is 2.57 bits per heavy atom. The number of benzene rings is 1. The summed E-state index contributed by atoms with van der Waals surface area (Å²) in [5, 5.41) is 0. The topological polar surface area (TPSA) is 38.1 Å². The van der Waals surface area contributed by atoms with Gasteiger partial charge in [0, 0.05) is 36.2 Å². The average Bonchev–Trinajstić information content (AvgIpc) is 3.15. The molecule has 1 amide bonds. The maximum absolute atomic E-state index is 12.9. The number of carbonyl (C=O) groups excluding carboxylic acids is 1. The summed E-state index contributed by atoms with van der Waals surface area (Å²) in [7, 11) is 0. The van der Waals surface area contributed by atoms with E-state index in [2.05, 4.69) is 11.9 Å². The number of hydrogen-bond donors (Lipinski definition) is 0. The largest absolute Gasteiger partial charge is 0.312 e. The Kier molecular flexibility index (Phi) is 5.11. The SMILES string of the molecule is CCCN(C(=O)C1CCCCC1)c1ccc(-n2ccnc2)cc1. The molecule has 23 heavy (non-hydrogen) atoms. The van der Waals surface area contributed by atoms with E-state index in [0.29, 0.717) is 5.91 Å². The minimum atomic E-state index is 0.212. The lowest BCUT2D eigenvalue weighted by molar-refractivity contribution is -0.123. The zero-order chi connectivity index (χ0) is 16.1. The smallest absolute Gasteiger partial charge is 0.230 e. The number of amides is 1. The molecule has 0 spiro atoms. The van der Waals surface area contributed by atoms with E-state index >= 15 is 0 Å². The van der Waals surface area contributed by atoms with Crippen molar-refractivity contribution in [1.82, 2.24) is 9.55 Å². The molecule has 0 N–H and O–H groups in total. The van der Waals surface area contributed by atoms with E-state index in [1.54, 1.807) is 12.5 Å². The van der Waals surface area contributed by atoms with Crippen molar-refractivity contribution < 1.29 is 4.79 Å². The number of rotatable bonds is 5. The minimum Gasteiger partial charge on any atom is -0.312 e. The fourth-order valence-electron chi connectivity index (χ4n) is 3.38. The van der Waals surface area contributed by atoms with Crippen molar-refractivity contribution >= 4 is 11.6 Å². The standard InChI is InChI=1S/C19H25N3O/c1-2-13-22(19(23)16-6-4-3-5-7-16)18-10-8-17(9-11-18)21-14-12-20-15-21/h8-12,14-16H,2-7,13H2,1H3. The van der Waals surface area contributed by atoms with Crippen LogP contribution < -0.4 is 4.90 Å². The van der Waals surface area contributed by atoms with Crippen molar-refractivity contribution in [2.24, 2.45) is 5.92 Å². The average molecular weight is 311 g/mol. The quantitative estimate of drug-likeness (QED) is 0.830. The van der Waals surface area contributed by atoms with Gasteiger partial charge in [-0.3, -0.25) is 4.79 Å². The second kappa shape index (κ2) is 7.44. The molecule has 4 heteroatoms. The van der Waals surface area contributed by atoms with Gasteiger partial charge in [-0.2, -0.15) is 0 Å². The molecule has 0 atom stereocenters. The number of hydrogen-bond acceptors (Lipinski definition) is 2. The van der Waals surface area contributed by atoms with E-state index in [9.17, 15) is 4.79 Å². The van der Waals surface area contributed by atoms with E-state index in [0.717, 1.165) is 37.2 Å². The Bertz CT molecular complexity index is 613. The van der Waals surface area contributed by atoms with Gasteiger partial charge in [0.25, 0.3) is 0 Å². The van der Waals surface area contributed by atoms with Gasteiger partial charge in [-0.1, -0.05) is 26.2 Å². The number of nitrogens with zero attached hydrogens (tertiary/aromatic N) is 3. The maximum Gasteiger partial charge on any atom is 0.230 e. The molecule has 1 heterocycles. The van der Waals surface area contributed by atoms with Gasteiger partial charge in [-0.15, -0.1) is 0 Å². The van der Waals surface area contributed by atoms with Gasteiger partial charge >= 0.3 is 0 Å². The van der Waals surface area contributed by atoms with Crippen LogP contribution in [0.3, 0.4) is 0 Å². The van der Waals surface area contributed by atoms with Crippen molar-refractivity contribution in [3.8, 4) is 5.69 Å². The summed E-state index contributed by atoms with van der Waals surface area (Å²) >= 11 is 0. The van der Waals surface area contributed by atoms with Gasteiger partial charge in [0.1, 0.15) is 0 Å². The van der Waals surface area contributed by atoms with Crippen molar-refractivity contribution in [2.75, 3.05) is 11.4 Å². The summed E-state index contributed by atoms with van der Waals surface area (Å²) in [5.74, 6) is 0.519. The third-order valence-corrected chi connectivity index (χ3v) is 4.63. The summed E-state index contributed by atoms with van der Waals surface area (Å²) in [5.41, 5.74) is 2.07. The van der Waals surface area contributed by atoms with Crippen molar-refractivity contribution in [2.45, 2.75) is 45.4 Å². The predicted molar refractivity (Wildman–Crippen MR) is 92.8 cm³/mol. The van der Waals surface area contributed by atoms with Crippen LogP contribution in [0.1, 0.15) is 45.4 Å². The van der Waals surface area contributed by atoms with E-state index in [1.807, 2.05) is 39.9 Å². The molecular formula is C19H25N3O. The van der Waals surface area contributed by atoms with Crippen LogP contribution in [-0.2, 0) is 4.79 Å². The Morgan fingerprint density at radius 1 is 1.22 bits per heavy atom. The van der Waals surface area contributed by atoms with Gasteiger partial charge in [0.05, 0.1) is 6.33 Å². The van der Waals surface area contributed by atoms with Crippen LogP contribution in [0.25, 0.3) is 5.69 Å². The third kappa shape index (κ3) is 3.63. The van der Waals surface area contributed by atoms with Gasteiger partial charge in [-0.25, -0.2) is 4.98 Å². The Labute approximate surface area is 138 Å². The molecule has 1 aliphatic carbocycles. The number of anilines is 1. The van der Waals surface area contributed by atoms with E-state index in [1.165, 1.54) is 19.3 Å². The highest BCUT2D eigenvalue weighted by Crippen LogP contribution is 2.28. The second-order valence-electron chi connectivity index (χ2n) is 6.31. The second-order valence-corrected chi connectivity index (χ2v) is 6.31. The fourth-order valence-corrected chi connectivity index (χ4v) is 3.38. The summed E-state index contributed by atoms with van der Waals surface area (Å²) in [6.07, 6.45) is 12.2. The molecule has 1 aromatic heterocycles. The zero-order valence-corrected chi connectivity index (χ0v) is 13.8. The molecule has 122 valence electrons. The van der Waals surface area contributed by atoms with Gasteiger partial charge in [-0.05, 0) is 43.5 Å². The monoisotopic (exact) mass is 311 g/mol. The van der Waals surface area contributed by atoms with Crippen molar-refractivity contribution in [3.05, 3.63) is 43.0 Å². The molecule has 0 saturated heterocycles. The molecule has 0 unspecified atom stereocenters. The highest BCUT2D eigenvalue weighted by molar-refractivity contribution is 5.95. The Balaban J connectivity index is 1.78. The van der Waals surface area contributed by atoms with Crippen molar-refractivity contribution in [1.29, 1.82) is 0 Å². The molecule has 0 bridgehead atoms. The van der Waals surface area contributed by atoms with Crippen LogP contribution >= 0.6 is 0 Å². The molecule has 2 aromatic rings. The molecular weight excluding hydrogens is 286 g/mol. The molecule has 0 aliphatic heterocycles. The summed E-state index contributed by atoms with van der Waals surface area (Å²) < 4.78 is 1.97. The summed E-state index contributed by atoms with van der Waals surface area (Å²) in [4.78, 5) is 19.0. The Hall–Kier alpha value is -2.10. The van der Waals surface area contributed by atoms with Gasteiger partial charge in [0.15, 0.2) is 0 Å². The number of aromatic nitrogens is 2.